The van der Waals surface area contributed by atoms with E-state index in [4.69, 9.17) is 5.11 Å². The lowest BCUT2D eigenvalue weighted by Crippen LogP contribution is -3.08. The van der Waals surface area contributed by atoms with Gasteiger partial charge in [-0.2, -0.15) is 0 Å². The van der Waals surface area contributed by atoms with Crippen molar-refractivity contribution < 1.29 is 19.9 Å². The molecule has 4 nitrogen and oxygen atoms in total. The lowest BCUT2D eigenvalue weighted by molar-refractivity contribution is -0.941. The molecule has 4 heteroatoms. The third-order valence-corrected chi connectivity index (χ3v) is 5.01. The van der Waals surface area contributed by atoms with Gasteiger partial charge in [-0.05, 0) is 6.07 Å². The summed E-state index contributed by atoms with van der Waals surface area (Å²) in [4.78, 5) is 11.8. The molecule has 0 saturated carbocycles. The fraction of sp³-hybridized carbons (Fsp3) is 0.107. The first-order valence-corrected chi connectivity index (χ1v) is 10.6. The molecule has 2 N–H and O–H groups in total. The lowest BCUT2D eigenvalue weighted by Gasteiger charge is -2.20. The molecule has 0 aliphatic rings. The van der Waals surface area contributed by atoms with Crippen LogP contribution in [0.15, 0.2) is 115 Å². The predicted molar refractivity (Wildman–Crippen MR) is 124 cm³/mol. The highest BCUT2D eigenvalue weighted by atomic mass is 16.4. The molecule has 32 heavy (non-hydrogen) atoms. The Morgan fingerprint density at radius 1 is 0.594 bits per heavy atom. The third-order valence-electron chi connectivity index (χ3n) is 5.01. The number of hydrogen-bond donors (Lipinski definition) is 2. The molecular weight excluding hydrogens is 398 g/mol. The van der Waals surface area contributed by atoms with Crippen molar-refractivity contribution in [3.8, 4) is 5.75 Å². The van der Waals surface area contributed by atoms with Gasteiger partial charge in [0.2, 0.25) is 0 Å². The number of rotatable bonds is 7. The normalized spacial score (nSPS) is 10.3. The van der Waals surface area contributed by atoms with Gasteiger partial charge in [-0.3, -0.25) is 0 Å². The summed E-state index contributed by atoms with van der Waals surface area (Å²) in [5.41, 5.74) is 4.00. The van der Waals surface area contributed by atoms with Gasteiger partial charge in [0.1, 0.15) is 19.6 Å². The second kappa shape index (κ2) is 12.1. The maximum atomic E-state index is 10.7. The number of carbonyl (C=O) groups is 1. The van der Waals surface area contributed by atoms with Crippen LogP contribution >= 0.6 is 0 Å². The second-order valence-electron chi connectivity index (χ2n) is 7.54. The third kappa shape index (κ3) is 7.42. The van der Waals surface area contributed by atoms with Crippen LogP contribution in [-0.4, -0.2) is 11.1 Å². The largest absolute Gasteiger partial charge is 0.872 e. The number of benzene rings is 4. The van der Waals surface area contributed by atoms with Crippen molar-refractivity contribution in [1.82, 2.24) is 0 Å². The summed E-state index contributed by atoms with van der Waals surface area (Å²) in [6, 6.07) is 37.8. The van der Waals surface area contributed by atoms with Crippen LogP contribution in [0.3, 0.4) is 0 Å². The van der Waals surface area contributed by atoms with Gasteiger partial charge >= 0.3 is 5.97 Å². The molecular formula is C28H27NO3. The summed E-state index contributed by atoms with van der Waals surface area (Å²) in [7, 11) is 0. The van der Waals surface area contributed by atoms with Crippen LogP contribution < -0.4 is 10.0 Å². The first kappa shape index (κ1) is 22.8. The van der Waals surface area contributed by atoms with E-state index in [0.717, 1.165) is 19.6 Å². The van der Waals surface area contributed by atoms with E-state index in [1.807, 2.05) is 0 Å². The number of carboxylic acids is 1. The zero-order chi connectivity index (χ0) is 22.6. The summed E-state index contributed by atoms with van der Waals surface area (Å²) < 4.78 is 0. The molecule has 4 aromatic rings. The zero-order valence-electron chi connectivity index (χ0n) is 17.9. The fourth-order valence-corrected chi connectivity index (χ4v) is 3.48. The Morgan fingerprint density at radius 3 is 1.25 bits per heavy atom. The minimum absolute atomic E-state index is 0.178. The average Bonchev–Trinajstić information content (AvgIpc) is 2.82. The monoisotopic (exact) mass is 425 g/mol. The highest BCUT2D eigenvalue weighted by Gasteiger charge is 2.11. The van der Waals surface area contributed by atoms with Gasteiger partial charge in [-0.15, -0.1) is 0 Å². The van der Waals surface area contributed by atoms with E-state index in [2.05, 4.69) is 91.0 Å². The molecule has 0 saturated heterocycles. The van der Waals surface area contributed by atoms with Crippen LogP contribution in [0.4, 0.5) is 0 Å². The van der Waals surface area contributed by atoms with E-state index >= 15 is 0 Å². The fourth-order valence-electron chi connectivity index (χ4n) is 3.48. The van der Waals surface area contributed by atoms with Crippen molar-refractivity contribution in [2.45, 2.75) is 19.6 Å². The van der Waals surface area contributed by atoms with Crippen LogP contribution in [0.25, 0.3) is 0 Å². The van der Waals surface area contributed by atoms with E-state index in [-0.39, 0.29) is 5.56 Å². The van der Waals surface area contributed by atoms with E-state index < -0.39 is 11.7 Å². The zero-order valence-corrected chi connectivity index (χ0v) is 17.9. The minimum Gasteiger partial charge on any atom is -0.872 e. The summed E-state index contributed by atoms with van der Waals surface area (Å²) in [5, 5.41) is 19.0. The van der Waals surface area contributed by atoms with Gasteiger partial charge in [0.25, 0.3) is 0 Å². The Bertz CT molecular complexity index is 985. The topological polar surface area (TPSA) is 64.8 Å². The molecule has 0 bridgehead atoms. The van der Waals surface area contributed by atoms with Crippen molar-refractivity contribution in [1.29, 1.82) is 0 Å². The van der Waals surface area contributed by atoms with Crippen LogP contribution in [0.5, 0.6) is 5.75 Å². The molecule has 0 radical (unpaired) electrons. The van der Waals surface area contributed by atoms with Gasteiger partial charge in [-0.1, -0.05) is 115 Å². The molecule has 0 aromatic heterocycles. The summed E-state index contributed by atoms with van der Waals surface area (Å²) in [6.07, 6.45) is 0. The van der Waals surface area contributed by atoms with Crippen molar-refractivity contribution in [2.75, 3.05) is 0 Å². The van der Waals surface area contributed by atoms with Crippen LogP contribution in [0, 0.1) is 0 Å². The predicted octanol–water partition coefficient (Wildman–Crippen LogP) is 3.93. The maximum Gasteiger partial charge on any atom is 0.335 e. The molecule has 162 valence electrons. The summed E-state index contributed by atoms with van der Waals surface area (Å²) in [6.45, 7) is 3.14. The Kier molecular flexibility index (Phi) is 8.60. The van der Waals surface area contributed by atoms with Gasteiger partial charge in [0.05, 0.1) is 5.56 Å². The van der Waals surface area contributed by atoms with Crippen molar-refractivity contribution >= 4 is 5.97 Å². The molecule has 0 atom stereocenters. The SMILES string of the molecule is O=C(O)c1ccccc1[O-].c1ccc(C[NH+](Cc2ccccc2)Cc2ccccc2)cc1. The molecule has 0 aliphatic carbocycles. The van der Waals surface area contributed by atoms with Crippen LogP contribution in [-0.2, 0) is 19.6 Å². The maximum absolute atomic E-state index is 10.7. The van der Waals surface area contributed by atoms with E-state index in [1.54, 1.807) is 4.90 Å². The smallest absolute Gasteiger partial charge is 0.335 e. The number of aromatic carboxylic acids is 1. The van der Waals surface area contributed by atoms with Gasteiger partial charge < -0.3 is 15.1 Å². The minimum atomic E-state index is -1.18. The average molecular weight is 426 g/mol. The number of nitrogens with one attached hydrogen (secondary N) is 1. The Hall–Kier alpha value is -3.89. The highest BCUT2D eigenvalue weighted by molar-refractivity contribution is 5.90. The molecule has 4 rings (SSSR count). The van der Waals surface area contributed by atoms with Gasteiger partial charge in [-0.25, -0.2) is 4.79 Å². The van der Waals surface area contributed by atoms with Crippen molar-refractivity contribution in [3.05, 3.63) is 138 Å². The first-order valence-electron chi connectivity index (χ1n) is 10.6. The Balaban J connectivity index is 0.000000243. The summed E-state index contributed by atoms with van der Waals surface area (Å²) >= 11 is 0. The van der Waals surface area contributed by atoms with Crippen molar-refractivity contribution in [3.63, 3.8) is 0 Å². The van der Waals surface area contributed by atoms with E-state index in [0.29, 0.717) is 0 Å². The quantitative estimate of drug-likeness (QED) is 0.472. The van der Waals surface area contributed by atoms with Gasteiger partial charge in [0.15, 0.2) is 0 Å². The molecule has 0 spiro atoms. The molecule has 0 amide bonds. The highest BCUT2D eigenvalue weighted by Crippen LogP contribution is 2.11. The molecule has 0 fully saturated rings. The molecule has 0 heterocycles. The first-order chi connectivity index (χ1) is 15.6. The number of hydrogen-bond acceptors (Lipinski definition) is 2. The standard InChI is InChI=1S/C21H21N.C7H6O3/c1-4-10-19(11-5-1)16-22(17-20-12-6-2-7-13-20)18-21-14-8-3-9-15-21;8-6-4-2-1-3-5(6)7(9)10/h1-15H,16-18H2;1-4,8H,(H,9,10). The summed E-state index contributed by atoms with van der Waals surface area (Å²) in [5.74, 6) is -1.62. The van der Waals surface area contributed by atoms with E-state index in [1.165, 1.54) is 41.0 Å². The van der Waals surface area contributed by atoms with Crippen LogP contribution in [0.1, 0.15) is 27.0 Å². The number of carboxylic acid groups (broad SMARTS) is 1. The number of para-hydroxylation sites is 1. The van der Waals surface area contributed by atoms with Crippen LogP contribution in [0.2, 0.25) is 0 Å². The Labute approximate surface area is 189 Å². The van der Waals surface area contributed by atoms with E-state index in [9.17, 15) is 9.90 Å². The lowest BCUT2D eigenvalue weighted by atomic mass is 10.1. The Morgan fingerprint density at radius 2 is 0.938 bits per heavy atom. The van der Waals surface area contributed by atoms with Gasteiger partial charge in [0, 0.05) is 16.7 Å². The molecule has 4 aromatic carbocycles. The van der Waals surface area contributed by atoms with Crippen molar-refractivity contribution in [2.24, 2.45) is 0 Å². The second-order valence-corrected chi connectivity index (χ2v) is 7.54. The molecule has 0 aliphatic heterocycles. The number of quaternary nitrogens is 1. The molecule has 0 unspecified atom stereocenters.